The third-order valence-electron chi connectivity index (χ3n) is 3.81. The molecule has 134 valence electrons. The van der Waals surface area contributed by atoms with Gasteiger partial charge in [-0.05, 0) is 45.0 Å². The summed E-state index contributed by atoms with van der Waals surface area (Å²) in [7, 11) is 0. The average molecular weight is 364 g/mol. The van der Waals surface area contributed by atoms with Gasteiger partial charge in [0.25, 0.3) is 0 Å². The van der Waals surface area contributed by atoms with Crippen molar-refractivity contribution >= 4 is 30.7 Å². The molecular formula is C17H31Cl2N3O. The molecule has 23 heavy (non-hydrogen) atoms. The maximum Gasteiger partial charge on any atom is 0.241 e. The van der Waals surface area contributed by atoms with E-state index in [1.165, 1.54) is 5.56 Å². The lowest BCUT2D eigenvalue weighted by Gasteiger charge is -2.18. The van der Waals surface area contributed by atoms with E-state index in [0.717, 1.165) is 38.0 Å². The maximum atomic E-state index is 12.0. The van der Waals surface area contributed by atoms with Gasteiger partial charge in [-0.1, -0.05) is 43.7 Å². The lowest BCUT2D eigenvalue weighted by molar-refractivity contribution is -0.122. The molecule has 1 atom stereocenters. The number of hydrogen-bond donors (Lipinski definition) is 2. The van der Waals surface area contributed by atoms with Crippen LogP contribution in [0.15, 0.2) is 24.3 Å². The SMILES string of the molecule is CCN(CC)CCCCNC(=O)C(N)c1ccc(C)cc1.Cl.Cl. The Labute approximate surface area is 153 Å². The molecule has 0 radical (unpaired) electrons. The third-order valence-corrected chi connectivity index (χ3v) is 3.81. The standard InChI is InChI=1S/C17H29N3O.2ClH/c1-4-20(5-2)13-7-6-12-19-17(21)16(18)15-10-8-14(3)9-11-15;;/h8-11,16H,4-7,12-13,18H2,1-3H3,(H,19,21);2*1H. The van der Waals surface area contributed by atoms with Crippen LogP contribution in [0, 0.1) is 6.92 Å². The fourth-order valence-corrected chi connectivity index (χ4v) is 2.25. The third kappa shape index (κ3) is 9.16. The minimum Gasteiger partial charge on any atom is -0.354 e. The van der Waals surface area contributed by atoms with Crippen LogP contribution in [0.25, 0.3) is 0 Å². The molecule has 1 aromatic carbocycles. The van der Waals surface area contributed by atoms with Crippen LogP contribution in [0.2, 0.25) is 0 Å². The van der Waals surface area contributed by atoms with Gasteiger partial charge in [0, 0.05) is 6.54 Å². The van der Waals surface area contributed by atoms with E-state index < -0.39 is 6.04 Å². The molecule has 3 N–H and O–H groups in total. The van der Waals surface area contributed by atoms with Gasteiger partial charge in [-0.25, -0.2) is 0 Å². The minimum atomic E-state index is -0.576. The number of nitrogens with one attached hydrogen (secondary N) is 1. The number of rotatable bonds is 9. The zero-order valence-electron chi connectivity index (χ0n) is 14.4. The second kappa shape index (κ2) is 13.6. The molecule has 0 saturated carbocycles. The highest BCUT2D eigenvalue weighted by Gasteiger charge is 2.14. The van der Waals surface area contributed by atoms with Crippen molar-refractivity contribution in [1.29, 1.82) is 0 Å². The van der Waals surface area contributed by atoms with Crippen molar-refractivity contribution in [2.75, 3.05) is 26.2 Å². The first-order chi connectivity index (χ1) is 10.1. The largest absolute Gasteiger partial charge is 0.354 e. The van der Waals surface area contributed by atoms with Crippen molar-refractivity contribution in [3.63, 3.8) is 0 Å². The van der Waals surface area contributed by atoms with E-state index >= 15 is 0 Å². The molecule has 4 nitrogen and oxygen atoms in total. The van der Waals surface area contributed by atoms with E-state index in [1.807, 2.05) is 31.2 Å². The Morgan fingerprint density at radius 2 is 1.70 bits per heavy atom. The Balaban J connectivity index is 0. The molecule has 0 aliphatic rings. The monoisotopic (exact) mass is 363 g/mol. The van der Waals surface area contributed by atoms with Crippen LogP contribution in [-0.2, 0) is 4.79 Å². The van der Waals surface area contributed by atoms with Crippen molar-refractivity contribution in [3.05, 3.63) is 35.4 Å². The van der Waals surface area contributed by atoms with E-state index in [9.17, 15) is 4.79 Å². The summed E-state index contributed by atoms with van der Waals surface area (Å²) in [4.78, 5) is 14.4. The van der Waals surface area contributed by atoms with Crippen LogP contribution in [0.3, 0.4) is 0 Å². The summed E-state index contributed by atoms with van der Waals surface area (Å²) in [5.41, 5.74) is 8.01. The van der Waals surface area contributed by atoms with E-state index in [2.05, 4.69) is 24.1 Å². The van der Waals surface area contributed by atoms with Crippen LogP contribution < -0.4 is 11.1 Å². The van der Waals surface area contributed by atoms with Crippen molar-refractivity contribution in [2.24, 2.45) is 5.73 Å². The molecule has 0 aliphatic heterocycles. The number of benzene rings is 1. The Bertz CT molecular complexity index is 422. The number of halogens is 2. The van der Waals surface area contributed by atoms with Crippen LogP contribution in [0.4, 0.5) is 0 Å². The predicted octanol–water partition coefficient (Wildman–Crippen LogP) is 3.08. The number of carbonyl (C=O) groups excluding carboxylic acids is 1. The van der Waals surface area contributed by atoms with Crippen molar-refractivity contribution in [2.45, 2.75) is 39.7 Å². The van der Waals surface area contributed by atoms with E-state index in [1.54, 1.807) is 0 Å². The fourth-order valence-electron chi connectivity index (χ4n) is 2.25. The number of nitrogens with zero attached hydrogens (tertiary/aromatic N) is 1. The number of nitrogens with two attached hydrogens (primary N) is 1. The summed E-state index contributed by atoms with van der Waals surface area (Å²) in [6.07, 6.45) is 2.09. The minimum absolute atomic E-state index is 0. The van der Waals surface area contributed by atoms with Gasteiger partial charge in [0.1, 0.15) is 6.04 Å². The first kappa shape index (κ1) is 24.4. The van der Waals surface area contributed by atoms with Crippen LogP contribution in [-0.4, -0.2) is 37.0 Å². The maximum absolute atomic E-state index is 12.0. The molecule has 0 saturated heterocycles. The summed E-state index contributed by atoms with van der Waals surface area (Å²) in [6, 6.07) is 7.22. The summed E-state index contributed by atoms with van der Waals surface area (Å²) >= 11 is 0. The molecule has 1 aromatic rings. The lowest BCUT2D eigenvalue weighted by atomic mass is 10.1. The van der Waals surface area contributed by atoms with E-state index in [4.69, 9.17) is 5.73 Å². The first-order valence-corrected chi connectivity index (χ1v) is 7.90. The van der Waals surface area contributed by atoms with Gasteiger partial charge < -0.3 is 16.0 Å². The number of carbonyl (C=O) groups is 1. The van der Waals surface area contributed by atoms with Crippen LogP contribution >= 0.6 is 24.8 Å². The summed E-state index contributed by atoms with van der Waals surface area (Å²) in [5.74, 6) is -0.0957. The van der Waals surface area contributed by atoms with Gasteiger partial charge >= 0.3 is 0 Å². The average Bonchev–Trinajstić information content (AvgIpc) is 2.50. The van der Waals surface area contributed by atoms with Gasteiger partial charge in [0.15, 0.2) is 0 Å². The number of amides is 1. The fraction of sp³-hybridized carbons (Fsp3) is 0.588. The van der Waals surface area contributed by atoms with Gasteiger partial charge in [0.05, 0.1) is 0 Å². The van der Waals surface area contributed by atoms with Crippen LogP contribution in [0.5, 0.6) is 0 Å². The molecule has 0 spiro atoms. The van der Waals surface area contributed by atoms with Gasteiger partial charge in [-0.3, -0.25) is 4.79 Å². The molecule has 0 aliphatic carbocycles. The normalized spacial score (nSPS) is 11.3. The van der Waals surface area contributed by atoms with Gasteiger partial charge in [-0.2, -0.15) is 0 Å². The molecule has 0 fully saturated rings. The lowest BCUT2D eigenvalue weighted by Crippen LogP contribution is -2.35. The second-order valence-electron chi connectivity index (χ2n) is 5.41. The topological polar surface area (TPSA) is 58.4 Å². The number of aryl methyl sites for hydroxylation is 1. The summed E-state index contributed by atoms with van der Waals surface area (Å²) in [5, 5.41) is 2.92. The number of unbranched alkanes of at least 4 members (excludes halogenated alkanes) is 1. The molecule has 1 rings (SSSR count). The Kier molecular flexibility index (Phi) is 14.5. The van der Waals surface area contributed by atoms with Crippen molar-refractivity contribution in [3.8, 4) is 0 Å². The Hall–Kier alpha value is -0.810. The smallest absolute Gasteiger partial charge is 0.241 e. The zero-order chi connectivity index (χ0) is 15.7. The molecule has 0 aromatic heterocycles. The van der Waals surface area contributed by atoms with Crippen molar-refractivity contribution in [1.82, 2.24) is 10.2 Å². The Morgan fingerprint density at radius 1 is 1.13 bits per heavy atom. The van der Waals surface area contributed by atoms with E-state index in [0.29, 0.717) is 6.54 Å². The highest BCUT2D eigenvalue weighted by molar-refractivity contribution is 5.85. The van der Waals surface area contributed by atoms with Gasteiger partial charge in [-0.15, -0.1) is 24.8 Å². The second-order valence-corrected chi connectivity index (χ2v) is 5.41. The van der Waals surface area contributed by atoms with E-state index in [-0.39, 0.29) is 30.7 Å². The zero-order valence-corrected chi connectivity index (χ0v) is 16.0. The van der Waals surface area contributed by atoms with Crippen LogP contribution in [0.1, 0.15) is 43.9 Å². The molecular weight excluding hydrogens is 333 g/mol. The predicted molar refractivity (Wildman–Crippen MR) is 103 cm³/mol. The highest BCUT2D eigenvalue weighted by atomic mass is 35.5. The molecule has 1 unspecified atom stereocenters. The molecule has 6 heteroatoms. The highest BCUT2D eigenvalue weighted by Crippen LogP contribution is 2.11. The summed E-state index contributed by atoms with van der Waals surface area (Å²) in [6.45, 7) is 10.3. The molecule has 0 bridgehead atoms. The van der Waals surface area contributed by atoms with Gasteiger partial charge in [0.2, 0.25) is 5.91 Å². The summed E-state index contributed by atoms with van der Waals surface area (Å²) < 4.78 is 0. The van der Waals surface area contributed by atoms with Crippen molar-refractivity contribution < 1.29 is 4.79 Å². The number of hydrogen-bond acceptors (Lipinski definition) is 3. The first-order valence-electron chi connectivity index (χ1n) is 7.90. The Morgan fingerprint density at radius 3 is 2.22 bits per heavy atom. The molecule has 0 heterocycles. The molecule has 1 amide bonds. The quantitative estimate of drug-likeness (QED) is 0.662.